The summed E-state index contributed by atoms with van der Waals surface area (Å²) in [6, 6.07) is 14.3. The predicted molar refractivity (Wildman–Crippen MR) is 125 cm³/mol. The molecule has 1 N–H and O–H groups in total. The molecule has 6 nitrogen and oxygen atoms in total. The molecule has 0 saturated heterocycles. The molecule has 0 radical (unpaired) electrons. The number of anilines is 1. The Hall–Kier alpha value is -1.81. The third kappa shape index (κ3) is 7.18. The van der Waals surface area contributed by atoms with Crippen molar-refractivity contribution in [2.75, 3.05) is 24.2 Å². The van der Waals surface area contributed by atoms with E-state index in [0.29, 0.717) is 11.6 Å². The zero-order valence-corrected chi connectivity index (χ0v) is 20.0. The first kappa shape index (κ1) is 23.5. The summed E-state index contributed by atoms with van der Waals surface area (Å²) in [5.41, 5.74) is 1.42. The van der Waals surface area contributed by atoms with Crippen LogP contribution in [0.15, 0.2) is 48.5 Å². The Morgan fingerprint density at radius 3 is 2.17 bits per heavy atom. The van der Waals surface area contributed by atoms with Gasteiger partial charge in [0.25, 0.3) is 0 Å². The third-order valence-corrected chi connectivity index (χ3v) is 6.22. The number of nitrogens with one attached hydrogen (secondary N) is 1. The van der Waals surface area contributed by atoms with E-state index >= 15 is 0 Å². The molecular weight excluding hydrogens is 503 g/mol. The van der Waals surface area contributed by atoms with Crippen LogP contribution in [0.3, 0.4) is 0 Å². The van der Waals surface area contributed by atoms with Crippen LogP contribution in [-0.4, -0.2) is 34.2 Å². The van der Waals surface area contributed by atoms with Gasteiger partial charge in [-0.3, -0.25) is 9.10 Å². The third-order valence-electron chi connectivity index (χ3n) is 4.36. The summed E-state index contributed by atoms with van der Waals surface area (Å²) in [4.78, 5) is 12.8. The Morgan fingerprint density at radius 2 is 1.69 bits per heavy atom. The molecule has 0 bridgehead atoms. The summed E-state index contributed by atoms with van der Waals surface area (Å²) in [5, 5.41) is 3.00. The highest BCUT2D eigenvalue weighted by Crippen LogP contribution is 2.24. The quantitative estimate of drug-likeness (QED) is 0.498. The normalized spacial score (nSPS) is 12.5. The lowest BCUT2D eigenvalue weighted by Crippen LogP contribution is -2.41. The first-order chi connectivity index (χ1) is 13.6. The average Bonchev–Trinajstić information content (AvgIpc) is 2.65. The van der Waals surface area contributed by atoms with Gasteiger partial charge in [0.2, 0.25) is 15.9 Å². The van der Waals surface area contributed by atoms with E-state index in [1.165, 1.54) is 0 Å². The van der Waals surface area contributed by atoms with Gasteiger partial charge in [-0.2, -0.15) is 0 Å². The molecule has 2 aromatic carbocycles. The lowest BCUT2D eigenvalue weighted by Gasteiger charge is -2.25. The Balaban J connectivity index is 2.20. The number of rotatable bonds is 9. The summed E-state index contributed by atoms with van der Waals surface area (Å²) in [6.45, 7) is 3.89. The van der Waals surface area contributed by atoms with E-state index in [9.17, 15) is 13.2 Å². The van der Waals surface area contributed by atoms with Crippen molar-refractivity contribution in [2.24, 2.45) is 5.92 Å². The van der Waals surface area contributed by atoms with Gasteiger partial charge in [-0.1, -0.05) is 26.0 Å². The molecule has 29 heavy (non-hydrogen) atoms. The number of amides is 1. The maximum absolute atomic E-state index is 12.8. The van der Waals surface area contributed by atoms with Crippen LogP contribution in [0.25, 0.3) is 0 Å². The number of benzene rings is 2. The number of methoxy groups -OCH3 is 1. The van der Waals surface area contributed by atoms with Crippen LogP contribution in [0, 0.1) is 9.49 Å². The SMILES string of the molecule is COc1ccc(C(CC(C)C)NC(=O)CN(c2ccc(I)cc2)S(C)(=O)=O)cc1. The minimum absolute atomic E-state index is 0.216. The summed E-state index contributed by atoms with van der Waals surface area (Å²) < 4.78 is 31.9. The molecule has 1 atom stereocenters. The predicted octanol–water partition coefficient (Wildman–Crippen LogP) is 3.97. The van der Waals surface area contributed by atoms with Crippen molar-refractivity contribution in [3.8, 4) is 5.75 Å². The number of carbonyl (C=O) groups is 1. The van der Waals surface area contributed by atoms with E-state index in [2.05, 4.69) is 41.8 Å². The second-order valence-electron chi connectivity index (χ2n) is 7.27. The van der Waals surface area contributed by atoms with Crippen molar-refractivity contribution in [3.63, 3.8) is 0 Å². The minimum atomic E-state index is -3.60. The standard InChI is InChI=1S/C21H27IN2O4S/c1-15(2)13-20(16-5-11-19(28-3)12-6-16)23-21(25)14-24(29(4,26)27)18-9-7-17(22)8-10-18/h5-12,15,20H,13-14H2,1-4H3,(H,23,25). The van der Waals surface area contributed by atoms with Crippen molar-refractivity contribution in [3.05, 3.63) is 57.7 Å². The van der Waals surface area contributed by atoms with Crippen LogP contribution in [0.4, 0.5) is 5.69 Å². The van der Waals surface area contributed by atoms with Crippen molar-refractivity contribution >= 4 is 44.2 Å². The molecule has 0 fully saturated rings. The summed E-state index contributed by atoms with van der Waals surface area (Å²) in [7, 11) is -2.00. The maximum atomic E-state index is 12.8. The highest BCUT2D eigenvalue weighted by atomic mass is 127. The number of carbonyl (C=O) groups excluding carboxylic acids is 1. The molecule has 0 aliphatic heterocycles. The Kier molecular flexibility index (Phi) is 8.33. The van der Waals surface area contributed by atoms with Crippen LogP contribution < -0.4 is 14.4 Å². The van der Waals surface area contributed by atoms with Gasteiger partial charge >= 0.3 is 0 Å². The topological polar surface area (TPSA) is 75.7 Å². The van der Waals surface area contributed by atoms with Gasteiger partial charge in [0.15, 0.2) is 0 Å². The van der Waals surface area contributed by atoms with Crippen LogP contribution in [0.1, 0.15) is 31.9 Å². The van der Waals surface area contributed by atoms with Gasteiger partial charge in [0.1, 0.15) is 12.3 Å². The van der Waals surface area contributed by atoms with E-state index in [0.717, 1.165) is 31.9 Å². The van der Waals surface area contributed by atoms with Crippen LogP contribution in [-0.2, 0) is 14.8 Å². The number of hydrogen-bond acceptors (Lipinski definition) is 4. The lowest BCUT2D eigenvalue weighted by atomic mass is 9.97. The molecule has 8 heteroatoms. The number of sulfonamides is 1. The zero-order valence-electron chi connectivity index (χ0n) is 17.1. The van der Waals surface area contributed by atoms with E-state index < -0.39 is 10.0 Å². The Labute approximate surface area is 186 Å². The molecule has 2 aromatic rings. The molecule has 0 heterocycles. The first-order valence-electron chi connectivity index (χ1n) is 9.26. The second kappa shape index (κ2) is 10.3. The molecule has 0 spiro atoms. The molecule has 2 rings (SSSR count). The van der Waals surface area contributed by atoms with Crippen molar-refractivity contribution in [1.82, 2.24) is 5.32 Å². The molecule has 0 aliphatic rings. The average molecular weight is 530 g/mol. The fraction of sp³-hybridized carbons (Fsp3) is 0.381. The van der Waals surface area contributed by atoms with Gasteiger partial charge in [0, 0.05) is 3.57 Å². The zero-order chi connectivity index (χ0) is 21.6. The lowest BCUT2D eigenvalue weighted by molar-refractivity contribution is -0.120. The second-order valence-corrected chi connectivity index (χ2v) is 10.4. The molecule has 0 aliphatic carbocycles. The van der Waals surface area contributed by atoms with E-state index in [1.807, 2.05) is 36.4 Å². The fourth-order valence-electron chi connectivity index (χ4n) is 2.96. The monoisotopic (exact) mass is 530 g/mol. The fourth-order valence-corrected chi connectivity index (χ4v) is 4.18. The van der Waals surface area contributed by atoms with Crippen LogP contribution >= 0.6 is 22.6 Å². The first-order valence-corrected chi connectivity index (χ1v) is 12.2. The number of hydrogen-bond donors (Lipinski definition) is 1. The Morgan fingerprint density at radius 1 is 1.10 bits per heavy atom. The largest absolute Gasteiger partial charge is 0.497 e. The highest BCUT2D eigenvalue weighted by Gasteiger charge is 2.23. The van der Waals surface area contributed by atoms with Gasteiger partial charge in [0.05, 0.1) is 25.1 Å². The maximum Gasteiger partial charge on any atom is 0.241 e. The summed E-state index contributed by atoms with van der Waals surface area (Å²) in [5.74, 6) is 0.741. The van der Waals surface area contributed by atoms with Crippen LogP contribution in [0.5, 0.6) is 5.75 Å². The van der Waals surface area contributed by atoms with Gasteiger partial charge < -0.3 is 10.1 Å². The van der Waals surface area contributed by atoms with Gasteiger partial charge in [-0.15, -0.1) is 0 Å². The van der Waals surface area contributed by atoms with E-state index in [-0.39, 0.29) is 18.5 Å². The summed E-state index contributed by atoms with van der Waals surface area (Å²) >= 11 is 2.15. The number of halogens is 1. The molecular formula is C21H27IN2O4S. The van der Waals surface area contributed by atoms with Gasteiger partial charge in [-0.05, 0) is 76.9 Å². The van der Waals surface area contributed by atoms with Crippen LogP contribution in [0.2, 0.25) is 0 Å². The molecule has 1 amide bonds. The smallest absolute Gasteiger partial charge is 0.241 e. The summed E-state index contributed by atoms with van der Waals surface area (Å²) in [6.07, 6.45) is 1.84. The molecule has 0 aromatic heterocycles. The minimum Gasteiger partial charge on any atom is -0.497 e. The highest BCUT2D eigenvalue weighted by molar-refractivity contribution is 14.1. The van der Waals surface area contributed by atoms with Crippen molar-refractivity contribution < 1.29 is 17.9 Å². The number of ether oxygens (including phenoxy) is 1. The van der Waals surface area contributed by atoms with Crippen molar-refractivity contribution in [2.45, 2.75) is 26.3 Å². The Bertz CT molecular complexity index is 913. The van der Waals surface area contributed by atoms with E-state index in [1.54, 1.807) is 19.2 Å². The number of nitrogens with zero attached hydrogens (tertiary/aromatic N) is 1. The van der Waals surface area contributed by atoms with Crippen molar-refractivity contribution in [1.29, 1.82) is 0 Å². The molecule has 158 valence electrons. The van der Waals surface area contributed by atoms with Gasteiger partial charge in [-0.25, -0.2) is 8.42 Å². The molecule has 0 saturated carbocycles. The molecule has 1 unspecified atom stereocenters. The van der Waals surface area contributed by atoms with E-state index in [4.69, 9.17) is 4.74 Å².